The van der Waals surface area contributed by atoms with Crippen LogP contribution in [0.4, 0.5) is 17.1 Å². The van der Waals surface area contributed by atoms with Crippen LogP contribution in [0.5, 0.6) is 0 Å². The Morgan fingerprint density at radius 2 is 1.02 bits per heavy atom. The summed E-state index contributed by atoms with van der Waals surface area (Å²) in [6.07, 6.45) is 0. The molecule has 240 valence electrons. The second-order valence-electron chi connectivity index (χ2n) is 14.2. The Bertz CT molecular complexity index is 2830. The highest BCUT2D eigenvalue weighted by molar-refractivity contribution is 7.26. The van der Waals surface area contributed by atoms with E-state index in [1.807, 2.05) is 11.3 Å². The van der Waals surface area contributed by atoms with Gasteiger partial charge in [0.1, 0.15) is 0 Å². The molecule has 0 atom stereocenters. The van der Waals surface area contributed by atoms with Gasteiger partial charge in [0.2, 0.25) is 0 Å². The molecule has 0 bridgehead atoms. The van der Waals surface area contributed by atoms with Gasteiger partial charge in [-0.1, -0.05) is 133 Å². The van der Waals surface area contributed by atoms with Crippen molar-refractivity contribution in [3.63, 3.8) is 0 Å². The Labute approximate surface area is 301 Å². The fourth-order valence-electron chi connectivity index (χ4n) is 9.53. The Hall–Kier alpha value is -5.96. The number of anilines is 3. The summed E-state index contributed by atoms with van der Waals surface area (Å²) in [4.78, 5) is 2.60. The van der Waals surface area contributed by atoms with Gasteiger partial charge in [-0.25, -0.2) is 0 Å². The molecule has 0 saturated heterocycles. The number of benzene rings is 8. The zero-order valence-electron chi connectivity index (χ0n) is 28.4. The molecular weight excluding hydrogens is 635 g/mol. The third-order valence-electron chi connectivity index (χ3n) is 11.3. The van der Waals surface area contributed by atoms with Gasteiger partial charge >= 0.3 is 0 Å². The maximum absolute atomic E-state index is 2.60. The molecule has 2 aliphatic rings. The zero-order valence-corrected chi connectivity index (χ0v) is 29.3. The molecule has 51 heavy (non-hydrogen) atoms. The van der Waals surface area contributed by atoms with Crippen molar-refractivity contribution in [1.29, 1.82) is 0 Å². The molecule has 1 heterocycles. The van der Waals surface area contributed by atoms with Crippen LogP contribution >= 0.6 is 11.3 Å². The van der Waals surface area contributed by atoms with Crippen molar-refractivity contribution < 1.29 is 0 Å². The van der Waals surface area contributed by atoms with E-state index in [-0.39, 0.29) is 0 Å². The molecule has 0 saturated carbocycles. The van der Waals surface area contributed by atoms with Crippen molar-refractivity contribution in [2.24, 2.45) is 0 Å². The van der Waals surface area contributed by atoms with E-state index in [4.69, 9.17) is 0 Å². The van der Waals surface area contributed by atoms with E-state index in [1.165, 1.54) is 104 Å². The van der Waals surface area contributed by atoms with Crippen LogP contribution in [-0.2, 0) is 5.41 Å². The lowest BCUT2D eigenvalue weighted by molar-refractivity contribution is 0.793. The van der Waals surface area contributed by atoms with Gasteiger partial charge in [-0.05, 0) is 105 Å². The maximum Gasteiger partial charge on any atom is 0.0746 e. The minimum Gasteiger partial charge on any atom is -0.309 e. The van der Waals surface area contributed by atoms with Crippen molar-refractivity contribution in [3.05, 3.63) is 197 Å². The van der Waals surface area contributed by atoms with Crippen molar-refractivity contribution in [3.8, 4) is 22.3 Å². The SMILES string of the molecule is Cc1cc(C)cc(N(c2cccc3c2C2(c4ccccc4-c4ccccc42)c2ccccc2-3)c2cc3ccccc3c3c2sc2ccccc23)c1. The van der Waals surface area contributed by atoms with Crippen LogP contribution in [0, 0.1) is 13.8 Å². The molecule has 2 aliphatic carbocycles. The first kappa shape index (κ1) is 28.8. The van der Waals surface area contributed by atoms with Gasteiger partial charge in [-0.15, -0.1) is 11.3 Å². The zero-order chi connectivity index (χ0) is 33.8. The van der Waals surface area contributed by atoms with E-state index < -0.39 is 5.41 Å². The molecular formula is C49H33NS. The summed E-state index contributed by atoms with van der Waals surface area (Å²) in [6, 6.07) is 61.6. The number of rotatable bonds is 3. The van der Waals surface area contributed by atoms with Crippen LogP contribution in [0.25, 0.3) is 53.2 Å². The molecule has 0 unspecified atom stereocenters. The second-order valence-corrected chi connectivity index (χ2v) is 15.2. The van der Waals surface area contributed by atoms with Crippen LogP contribution < -0.4 is 4.90 Å². The Morgan fingerprint density at radius 1 is 0.471 bits per heavy atom. The summed E-state index contributed by atoms with van der Waals surface area (Å²) in [6.45, 7) is 4.45. The van der Waals surface area contributed by atoms with Gasteiger partial charge in [-0.2, -0.15) is 0 Å². The van der Waals surface area contributed by atoms with Crippen LogP contribution in [0.1, 0.15) is 33.4 Å². The topological polar surface area (TPSA) is 3.24 Å². The molecule has 0 N–H and O–H groups in total. The predicted octanol–water partition coefficient (Wildman–Crippen LogP) is 13.6. The molecule has 9 aromatic rings. The van der Waals surface area contributed by atoms with Gasteiger partial charge in [0.25, 0.3) is 0 Å². The van der Waals surface area contributed by atoms with E-state index in [1.54, 1.807) is 0 Å². The fourth-order valence-corrected chi connectivity index (χ4v) is 10.8. The summed E-state index contributed by atoms with van der Waals surface area (Å²) in [5.74, 6) is 0. The standard InChI is InChI=1S/C49H33NS/c1-30-26-31(2)28-33(27-30)50(44-29-32-14-3-4-15-34(32)46-39-19-8-12-25-45(39)51-48(44)46)43-24-13-20-38-37-18-7-11-23-42(37)49(47(38)43)40-21-9-5-16-35(40)36-17-6-10-22-41(36)49/h3-29H,1-2H3. The normalized spacial score (nSPS) is 13.5. The molecule has 1 spiro atoms. The molecule has 0 radical (unpaired) electrons. The molecule has 0 amide bonds. The maximum atomic E-state index is 2.60. The molecule has 0 aliphatic heterocycles. The van der Waals surface area contributed by atoms with Crippen LogP contribution in [0.2, 0.25) is 0 Å². The van der Waals surface area contributed by atoms with Gasteiger partial charge in [0, 0.05) is 26.7 Å². The van der Waals surface area contributed by atoms with Crippen molar-refractivity contribution in [2.75, 3.05) is 4.90 Å². The van der Waals surface area contributed by atoms with E-state index in [2.05, 4.69) is 183 Å². The van der Waals surface area contributed by atoms with Crippen LogP contribution in [0.3, 0.4) is 0 Å². The lowest BCUT2D eigenvalue weighted by Gasteiger charge is -2.36. The highest BCUT2D eigenvalue weighted by Gasteiger charge is 2.53. The summed E-state index contributed by atoms with van der Waals surface area (Å²) < 4.78 is 2.62. The van der Waals surface area contributed by atoms with Crippen LogP contribution in [-0.4, -0.2) is 0 Å². The average Bonchev–Trinajstić information content (AvgIpc) is 3.80. The van der Waals surface area contributed by atoms with Crippen molar-refractivity contribution >= 4 is 59.3 Å². The number of thiophene rings is 1. The average molecular weight is 668 g/mol. The summed E-state index contributed by atoms with van der Waals surface area (Å²) in [5, 5.41) is 5.20. The summed E-state index contributed by atoms with van der Waals surface area (Å²) in [7, 11) is 0. The molecule has 1 nitrogen and oxygen atoms in total. The minimum absolute atomic E-state index is 0.469. The number of nitrogens with zero attached hydrogens (tertiary/aromatic N) is 1. The van der Waals surface area contributed by atoms with Gasteiger partial charge in [-0.3, -0.25) is 0 Å². The highest BCUT2D eigenvalue weighted by Crippen LogP contribution is 2.65. The lowest BCUT2D eigenvalue weighted by Crippen LogP contribution is -2.28. The Morgan fingerprint density at radius 3 is 1.71 bits per heavy atom. The summed E-state index contributed by atoms with van der Waals surface area (Å²) in [5.41, 5.74) is 16.3. The molecule has 0 fully saturated rings. The fraction of sp³-hybridized carbons (Fsp3) is 0.0612. The number of hydrogen-bond donors (Lipinski definition) is 0. The first-order chi connectivity index (χ1) is 25.1. The first-order valence-electron chi connectivity index (χ1n) is 17.8. The van der Waals surface area contributed by atoms with E-state index >= 15 is 0 Å². The van der Waals surface area contributed by atoms with Crippen LogP contribution in [0.15, 0.2) is 164 Å². The molecule has 2 heteroatoms. The third-order valence-corrected chi connectivity index (χ3v) is 12.5. The van der Waals surface area contributed by atoms with Gasteiger partial charge in [0.15, 0.2) is 0 Å². The highest BCUT2D eigenvalue weighted by atomic mass is 32.1. The molecule has 8 aromatic carbocycles. The Balaban J connectivity index is 1.33. The monoisotopic (exact) mass is 667 g/mol. The molecule has 11 rings (SSSR count). The third kappa shape index (κ3) is 3.80. The lowest BCUT2D eigenvalue weighted by atomic mass is 9.70. The smallest absolute Gasteiger partial charge is 0.0746 e. The largest absolute Gasteiger partial charge is 0.309 e. The molecule has 1 aromatic heterocycles. The number of aryl methyl sites for hydroxylation is 2. The quantitative estimate of drug-likeness (QED) is 0.181. The van der Waals surface area contributed by atoms with Crippen molar-refractivity contribution in [2.45, 2.75) is 19.3 Å². The van der Waals surface area contributed by atoms with E-state index in [0.717, 1.165) is 0 Å². The first-order valence-corrected chi connectivity index (χ1v) is 18.6. The number of fused-ring (bicyclic) bond motifs is 15. The van der Waals surface area contributed by atoms with Gasteiger partial charge < -0.3 is 4.90 Å². The van der Waals surface area contributed by atoms with E-state index in [0.29, 0.717) is 0 Å². The second kappa shape index (κ2) is 10.5. The number of hydrogen-bond acceptors (Lipinski definition) is 2. The Kier molecular flexibility index (Phi) is 5.95. The van der Waals surface area contributed by atoms with E-state index in [9.17, 15) is 0 Å². The van der Waals surface area contributed by atoms with Gasteiger partial charge in [0.05, 0.1) is 21.5 Å². The summed E-state index contributed by atoms with van der Waals surface area (Å²) >= 11 is 1.91. The van der Waals surface area contributed by atoms with Crippen molar-refractivity contribution in [1.82, 2.24) is 0 Å². The predicted molar refractivity (Wildman–Crippen MR) is 217 cm³/mol. The minimum atomic E-state index is -0.469.